The molecule has 1 aliphatic carbocycles. The molecule has 1 fully saturated rings. The summed E-state index contributed by atoms with van der Waals surface area (Å²) >= 11 is 5.85. The highest BCUT2D eigenvalue weighted by molar-refractivity contribution is 6.30. The molecular formula is C13H17ClFN. The Morgan fingerprint density at radius 1 is 1.38 bits per heavy atom. The third kappa shape index (κ3) is 2.74. The molecule has 16 heavy (non-hydrogen) atoms. The fraction of sp³-hybridized carbons (Fsp3) is 0.538. The van der Waals surface area contributed by atoms with Crippen LogP contribution >= 0.6 is 11.6 Å². The quantitative estimate of drug-likeness (QED) is 0.861. The summed E-state index contributed by atoms with van der Waals surface area (Å²) in [6.45, 7) is 0. The lowest BCUT2D eigenvalue weighted by Crippen LogP contribution is -2.31. The van der Waals surface area contributed by atoms with Crippen LogP contribution in [0.25, 0.3) is 0 Å². The van der Waals surface area contributed by atoms with Gasteiger partial charge in [-0.25, -0.2) is 4.39 Å². The van der Waals surface area contributed by atoms with E-state index in [2.05, 4.69) is 0 Å². The number of hydrogen-bond donors (Lipinski definition) is 1. The van der Waals surface area contributed by atoms with Gasteiger partial charge in [0.05, 0.1) is 0 Å². The minimum absolute atomic E-state index is 0.0652. The van der Waals surface area contributed by atoms with Gasteiger partial charge < -0.3 is 5.73 Å². The standard InChI is InChI=1S/C13H17ClFN/c14-11-5-6-12(15)10(7-11)8-13(16)9-3-1-2-4-9/h5-7,9,13H,1-4,8,16H2. The molecule has 1 aliphatic rings. The van der Waals surface area contributed by atoms with Crippen molar-refractivity contribution in [3.8, 4) is 0 Å². The lowest BCUT2D eigenvalue weighted by Gasteiger charge is -2.19. The summed E-state index contributed by atoms with van der Waals surface area (Å²) in [6.07, 6.45) is 5.48. The minimum atomic E-state index is -0.196. The first-order valence-corrected chi connectivity index (χ1v) is 6.24. The average molecular weight is 242 g/mol. The predicted octanol–water partition coefficient (Wildman–Crippen LogP) is 3.54. The Morgan fingerprint density at radius 3 is 2.75 bits per heavy atom. The van der Waals surface area contributed by atoms with Crippen LogP contribution in [-0.2, 0) is 6.42 Å². The van der Waals surface area contributed by atoms with Crippen molar-refractivity contribution in [2.45, 2.75) is 38.1 Å². The topological polar surface area (TPSA) is 26.0 Å². The van der Waals surface area contributed by atoms with Gasteiger partial charge in [-0.3, -0.25) is 0 Å². The zero-order valence-electron chi connectivity index (χ0n) is 9.26. The van der Waals surface area contributed by atoms with E-state index in [1.165, 1.54) is 31.7 Å². The van der Waals surface area contributed by atoms with Crippen molar-refractivity contribution >= 4 is 11.6 Å². The van der Waals surface area contributed by atoms with Crippen molar-refractivity contribution in [2.24, 2.45) is 11.7 Å². The van der Waals surface area contributed by atoms with E-state index in [0.29, 0.717) is 22.9 Å². The molecule has 1 aromatic rings. The van der Waals surface area contributed by atoms with Crippen molar-refractivity contribution in [3.05, 3.63) is 34.6 Å². The number of nitrogens with two attached hydrogens (primary N) is 1. The highest BCUT2D eigenvalue weighted by Crippen LogP contribution is 2.29. The number of halogens is 2. The summed E-state index contributed by atoms with van der Waals surface area (Å²) in [5.74, 6) is 0.358. The minimum Gasteiger partial charge on any atom is -0.327 e. The van der Waals surface area contributed by atoms with Crippen LogP contribution in [0.1, 0.15) is 31.2 Å². The van der Waals surface area contributed by atoms with Crippen LogP contribution in [0.4, 0.5) is 4.39 Å². The molecule has 1 atom stereocenters. The Balaban J connectivity index is 2.04. The van der Waals surface area contributed by atoms with Crippen molar-refractivity contribution in [2.75, 3.05) is 0 Å². The van der Waals surface area contributed by atoms with Gasteiger partial charge in [-0.2, -0.15) is 0 Å². The molecule has 1 aromatic carbocycles. The SMILES string of the molecule is NC(Cc1cc(Cl)ccc1F)C1CCCC1. The third-order valence-electron chi connectivity index (χ3n) is 3.47. The first-order chi connectivity index (χ1) is 7.66. The van der Waals surface area contributed by atoms with Gasteiger partial charge in [0.2, 0.25) is 0 Å². The van der Waals surface area contributed by atoms with Gasteiger partial charge in [0.15, 0.2) is 0 Å². The smallest absolute Gasteiger partial charge is 0.126 e. The molecular weight excluding hydrogens is 225 g/mol. The van der Waals surface area contributed by atoms with Crippen molar-refractivity contribution < 1.29 is 4.39 Å². The van der Waals surface area contributed by atoms with Crippen LogP contribution in [0.15, 0.2) is 18.2 Å². The largest absolute Gasteiger partial charge is 0.327 e. The second-order valence-electron chi connectivity index (χ2n) is 4.65. The van der Waals surface area contributed by atoms with Gasteiger partial charge in [-0.15, -0.1) is 0 Å². The van der Waals surface area contributed by atoms with Gasteiger partial charge in [-0.05, 0) is 48.9 Å². The molecule has 0 aromatic heterocycles. The molecule has 0 radical (unpaired) electrons. The highest BCUT2D eigenvalue weighted by atomic mass is 35.5. The second-order valence-corrected chi connectivity index (χ2v) is 5.08. The predicted molar refractivity (Wildman–Crippen MR) is 65.0 cm³/mol. The number of benzene rings is 1. The molecule has 88 valence electrons. The van der Waals surface area contributed by atoms with Crippen molar-refractivity contribution in [1.82, 2.24) is 0 Å². The van der Waals surface area contributed by atoms with E-state index in [0.717, 1.165) is 0 Å². The molecule has 0 saturated heterocycles. The maximum atomic E-state index is 13.5. The zero-order chi connectivity index (χ0) is 11.5. The molecule has 1 unspecified atom stereocenters. The van der Waals surface area contributed by atoms with Crippen LogP contribution in [0.5, 0.6) is 0 Å². The van der Waals surface area contributed by atoms with Gasteiger partial charge in [-0.1, -0.05) is 24.4 Å². The fourth-order valence-corrected chi connectivity index (χ4v) is 2.70. The van der Waals surface area contributed by atoms with Gasteiger partial charge >= 0.3 is 0 Å². The molecule has 2 N–H and O–H groups in total. The summed E-state index contributed by atoms with van der Waals surface area (Å²) in [7, 11) is 0. The van der Waals surface area contributed by atoms with E-state index < -0.39 is 0 Å². The zero-order valence-corrected chi connectivity index (χ0v) is 10.0. The fourth-order valence-electron chi connectivity index (χ4n) is 2.51. The summed E-state index contributed by atoms with van der Waals surface area (Å²) < 4.78 is 13.5. The number of hydrogen-bond acceptors (Lipinski definition) is 1. The summed E-state index contributed by atoms with van der Waals surface area (Å²) in [6, 6.07) is 4.74. The van der Waals surface area contributed by atoms with Crippen LogP contribution in [0.2, 0.25) is 5.02 Å². The Morgan fingerprint density at radius 2 is 2.06 bits per heavy atom. The van der Waals surface area contributed by atoms with E-state index in [1.54, 1.807) is 12.1 Å². The van der Waals surface area contributed by atoms with Gasteiger partial charge in [0, 0.05) is 11.1 Å². The third-order valence-corrected chi connectivity index (χ3v) is 3.70. The van der Waals surface area contributed by atoms with E-state index in [1.807, 2.05) is 0 Å². The molecule has 0 amide bonds. The van der Waals surface area contributed by atoms with E-state index >= 15 is 0 Å². The van der Waals surface area contributed by atoms with Gasteiger partial charge in [0.1, 0.15) is 5.82 Å². The molecule has 0 bridgehead atoms. The first kappa shape index (κ1) is 11.9. The van der Waals surface area contributed by atoms with E-state index in [9.17, 15) is 4.39 Å². The molecule has 2 rings (SSSR count). The molecule has 0 heterocycles. The maximum Gasteiger partial charge on any atom is 0.126 e. The summed E-state index contributed by atoms with van der Waals surface area (Å²) in [5, 5.41) is 0.579. The summed E-state index contributed by atoms with van der Waals surface area (Å²) in [5.41, 5.74) is 6.77. The van der Waals surface area contributed by atoms with Crippen LogP contribution in [-0.4, -0.2) is 6.04 Å². The van der Waals surface area contributed by atoms with Crippen LogP contribution < -0.4 is 5.73 Å². The second kappa shape index (κ2) is 5.15. The molecule has 3 heteroatoms. The molecule has 1 nitrogen and oxygen atoms in total. The van der Waals surface area contributed by atoms with Crippen LogP contribution in [0, 0.1) is 11.7 Å². The summed E-state index contributed by atoms with van der Waals surface area (Å²) in [4.78, 5) is 0. The monoisotopic (exact) mass is 241 g/mol. The average Bonchev–Trinajstić information content (AvgIpc) is 2.76. The maximum absolute atomic E-state index is 13.5. The Labute approximate surface area is 101 Å². The van der Waals surface area contributed by atoms with E-state index in [4.69, 9.17) is 17.3 Å². The van der Waals surface area contributed by atoms with E-state index in [-0.39, 0.29) is 11.9 Å². The van der Waals surface area contributed by atoms with Crippen molar-refractivity contribution in [3.63, 3.8) is 0 Å². The van der Waals surface area contributed by atoms with Gasteiger partial charge in [0.25, 0.3) is 0 Å². The van der Waals surface area contributed by atoms with Crippen molar-refractivity contribution in [1.29, 1.82) is 0 Å². The molecule has 0 spiro atoms. The first-order valence-electron chi connectivity index (χ1n) is 5.86. The highest BCUT2D eigenvalue weighted by Gasteiger charge is 2.22. The number of rotatable bonds is 3. The Kier molecular flexibility index (Phi) is 3.82. The molecule has 0 aliphatic heterocycles. The lowest BCUT2D eigenvalue weighted by atomic mass is 9.93. The molecule has 1 saturated carbocycles. The lowest BCUT2D eigenvalue weighted by molar-refractivity contribution is 0.423. The Bertz CT molecular complexity index is 361. The normalized spacial score (nSPS) is 18.9. The Hall–Kier alpha value is -0.600. The van der Waals surface area contributed by atoms with Crippen LogP contribution in [0.3, 0.4) is 0 Å².